The topological polar surface area (TPSA) is 70.9 Å². The maximum Gasteiger partial charge on any atom is 0.277 e. The minimum atomic E-state index is -0.365. The summed E-state index contributed by atoms with van der Waals surface area (Å²) in [6.07, 6.45) is 0. The first-order valence-corrected chi connectivity index (χ1v) is 7.35. The van der Waals surface area contributed by atoms with Crippen LogP contribution in [-0.4, -0.2) is 23.3 Å². The third kappa shape index (κ3) is 5.00. The summed E-state index contributed by atoms with van der Waals surface area (Å²) < 4.78 is 5.38. The summed E-state index contributed by atoms with van der Waals surface area (Å²) in [5.41, 5.74) is 4.74. The summed E-state index contributed by atoms with van der Waals surface area (Å²) in [5.74, 6) is 0.384. The molecule has 0 aromatic heterocycles. The van der Waals surface area contributed by atoms with Gasteiger partial charge in [0.15, 0.2) is 6.61 Å². The van der Waals surface area contributed by atoms with Crippen molar-refractivity contribution in [1.82, 2.24) is 5.43 Å². The van der Waals surface area contributed by atoms with Gasteiger partial charge in [-0.3, -0.25) is 4.79 Å². The van der Waals surface area contributed by atoms with Gasteiger partial charge >= 0.3 is 0 Å². The highest BCUT2D eigenvalue weighted by Gasteiger charge is 2.04. The Kier molecular flexibility index (Phi) is 5.60. The molecule has 0 spiro atoms. The summed E-state index contributed by atoms with van der Waals surface area (Å²) in [7, 11) is 0. The highest BCUT2D eigenvalue weighted by Crippen LogP contribution is 2.20. The van der Waals surface area contributed by atoms with Gasteiger partial charge in [0.05, 0.1) is 5.71 Å². The number of hydrogen-bond acceptors (Lipinski definition) is 4. The number of aryl methyl sites for hydroxylation is 1. The zero-order valence-electron chi connectivity index (χ0n) is 12.8. The second kappa shape index (κ2) is 7.65. The third-order valence-electron chi connectivity index (χ3n) is 3.13. The molecule has 0 bridgehead atoms. The molecule has 0 aliphatic carbocycles. The summed E-state index contributed by atoms with van der Waals surface area (Å²) in [4.78, 5) is 11.7. The van der Waals surface area contributed by atoms with E-state index in [9.17, 15) is 9.90 Å². The predicted octanol–water partition coefficient (Wildman–Crippen LogP) is 3.27. The normalized spacial score (nSPS) is 11.2. The second-order valence-corrected chi connectivity index (χ2v) is 5.39. The number of phenolic OH excluding ortho intramolecular Hbond substituents is 1. The summed E-state index contributed by atoms with van der Waals surface area (Å²) in [5, 5.41) is 13.9. The zero-order chi connectivity index (χ0) is 16.8. The molecule has 1 amide bonds. The van der Waals surface area contributed by atoms with E-state index in [1.54, 1.807) is 49.4 Å². The number of nitrogens with one attached hydrogen (secondary N) is 1. The van der Waals surface area contributed by atoms with Crippen LogP contribution in [0, 0.1) is 6.92 Å². The number of amides is 1. The molecule has 0 radical (unpaired) electrons. The lowest BCUT2D eigenvalue weighted by atomic mass is 10.1. The van der Waals surface area contributed by atoms with E-state index in [1.165, 1.54) is 0 Å². The van der Waals surface area contributed by atoms with Crippen molar-refractivity contribution >= 4 is 23.2 Å². The molecule has 0 unspecified atom stereocenters. The molecule has 0 aliphatic rings. The summed E-state index contributed by atoms with van der Waals surface area (Å²) in [6, 6.07) is 11.7. The van der Waals surface area contributed by atoms with Crippen LogP contribution in [0.2, 0.25) is 5.02 Å². The lowest BCUT2D eigenvalue weighted by Gasteiger charge is -2.07. The first-order valence-electron chi connectivity index (χ1n) is 6.97. The monoisotopic (exact) mass is 332 g/mol. The molecule has 0 saturated carbocycles. The Labute approximate surface area is 139 Å². The molecule has 0 saturated heterocycles. The van der Waals surface area contributed by atoms with Crippen molar-refractivity contribution in [2.45, 2.75) is 13.8 Å². The van der Waals surface area contributed by atoms with E-state index in [-0.39, 0.29) is 18.3 Å². The van der Waals surface area contributed by atoms with Crippen molar-refractivity contribution in [2.24, 2.45) is 5.10 Å². The number of ether oxygens (including phenoxy) is 1. The highest BCUT2D eigenvalue weighted by atomic mass is 35.5. The van der Waals surface area contributed by atoms with Crippen LogP contribution in [0.3, 0.4) is 0 Å². The van der Waals surface area contributed by atoms with Crippen LogP contribution in [0.25, 0.3) is 0 Å². The zero-order valence-corrected chi connectivity index (χ0v) is 13.6. The number of rotatable bonds is 5. The second-order valence-electron chi connectivity index (χ2n) is 4.98. The number of carbonyl (C=O) groups is 1. The van der Waals surface area contributed by atoms with Gasteiger partial charge in [0, 0.05) is 5.02 Å². The average Bonchev–Trinajstić information content (AvgIpc) is 2.54. The Morgan fingerprint density at radius 3 is 2.61 bits per heavy atom. The Hall–Kier alpha value is -2.53. The maximum atomic E-state index is 11.7. The molecular formula is C17H17ClN2O3. The molecule has 0 fully saturated rings. The molecule has 2 aromatic rings. The van der Waals surface area contributed by atoms with Crippen molar-refractivity contribution in [3.8, 4) is 11.5 Å². The van der Waals surface area contributed by atoms with Crippen LogP contribution in [0.5, 0.6) is 11.5 Å². The lowest BCUT2D eigenvalue weighted by molar-refractivity contribution is -0.123. The van der Waals surface area contributed by atoms with E-state index >= 15 is 0 Å². The van der Waals surface area contributed by atoms with Crippen LogP contribution >= 0.6 is 11.6 Å². The van der Waals surface area contributed by atoms with Crippen molar-refractivity contribution in [2.75, 3.05) is 6.61 Å². The summed E-state index contributed by atoms with van der Waals surface area (Å²) >= 11 is 5.93. The number of aromatic hydroxyl groups is 1. The highest BCUT2D eigenvalue weighted by molar-refractivity contribution is 6.31. The Morgan fingerprint density at radius 1 is 1.26 bits per heavy atom. The van der Waals surface area contributed by atoms with E-state index in [2.05, 4.69) is 10.5 Å². The standard InChI is InChI=1S/C17H17ClN2O3/c1-11-9-15(7-8-16(11)18)23-10-17(22)20-19-12(2)13-3-5-14(21)6-4-13/h3-9,21H,10H2,1-2H3,(H,20,22)/b19-12+. The molecule has 2 N–H and O–H groups in total. The van der Waals surface area contributed by atoms with Gasteiger partial charge in [-0.15, -0.1) is 0 Å². The fraction of sp³-hybridized carbons (Fsp3) is 0.176. The van der Waals surface area contributed by atoms with E-state index in [1.807, 2.05) is 6.92 Å². The number of carbonyl (C=O) groups excluding carboxylic acids is 1. The molecule has 2 aromatic carbocycles. The molecular weight excluding hydrogens is 316 g/mol. The van der Waals surface area contributed by atoms with Crippen LogP contribution in [0.4, 0.5) is 0 Å². The Morgan fingerprint density at radius 2 is 1.96 bits per heavy atom. The summed E-state index contributed by atoms with van der Waals surface area (Å²) in [6.45, 7) is 3.48. The molecule has 0 aliphatic heterocycles. The van der Waals surface area contributed by atoms with Gasteiger partial charge in [-0.1, -0.05) is 11.6 Å². The van der Waals surface area contributed by atoms with Crippen molar-refractivity contribution in [3.63, 3.8) is 0 Å². The van der Waals surface area contributed by atoms with Crippen LogP contribution in [-0.2, 0) is 4.79 Å². The fourth-order valence-corrected chi connectivity index (χ4v) is 1.92. The van der Waals surface area contributed by atoms with Crippen molar-refractivity contribution in [1.29, 1.82) is 0 Å². The van der Waals surface area contributed by atoms with Gasteiger partial charge in [-0.25, -0.2) is 5.43 Å². The predicted molar refractivity (Wildman–Crippen MR) is 90.1 cm³/mol. The maximum absolute atomic E-state index is 11.7. The largest absolute Gasteiger partial charge is 0.508 e. The fourth-order valence-electron chi connectivity index (χ4n) is 1.80. The number of hydrazone groups is 1. The number of benzene rings is 2. The molecule has 0 atom stereocenters. The van der Waals surface area contributed by atoms with Gasteiger partial charge in [0.1, 0.15) is 11.5 Å². The van der Waals surface area contributed by atoms with Crippen molar-refractivity contribution < 1.29 is 14.6 Å². The van der Waals surface area contributed by atoms with Gasteiger partial charge in [-0.2, -0.15) is 5.10 Å². The number of nitrogens with zero attached hydrogens (tertiary/aromatic N) is 1. The SMILES string of the molecule is C/C(=N\NC(=O)COc1ccc(Cl)c(C)c1)c1ccc(O)cc1. The first kappa shape index (κ1) is 16.8. The molecule has 0 heterocycles. The van der Waals surface area contributed by atoms with Gasteiger partial charge in [0.2, 0.25) is 0 Å². The first-order chi connectivity index (χ1) is 11.0. The van der Waals surface area contributed by atoms with Crippen LogP contribution in [0.1, 0.15) is 18.1 Å². The quantitative estimate of drug-likeness (QED) is 0.652. The van der Waals surface area contributed by atoms with Crippen LogP contribution in [0.15, 0.2) is 47.6 Å². The number of phenols is 1. The molecule has 120 valence electrons. The van der Waals surface area contributed by atoms with E-state index in [4.69, 9.17) is 16.3 Å². The third-order valence-corrected chi connectivity index (χ3v) is 3.56. The van der Waals surface area contributed by atoms with Crippen molar-refractivity contribution in [3.05, 3.63) is 58.6 Å². The van der Waals surface area contributed by atoms with E-state index in [0.29, 0.717) is 16.5 Å². The van der Waals surface area contributed by atoms with Gasteiger partial charge in [-0.05, 0) is 67.4 Å². The minimum Gasteiger partial charge on any atom is -0.508 e. The average molecular weight is 333 g/mol. The molecule has 2 rings (SSSR count). The van der Waals surface area contributed by atoms with Gasteiger partial charge in [0.25, 0.3) is 5.91 Å². The number of hydrogen-bond donors (Lipinski definition) is 2. The van der Waals surface area contributed by atoms with Crippen LogP contribution < -0.4 is 10.2 Å². The molecule has 6 heteroatoms. The Balaban J connectivity index is 1.88. The van der Waals surface area contributed by atoms with E-state index in [0.717, 1.165) is 11.1 Å². The van der Waals surface area contributed by atoms with E-state index < -0.39 is 0 Å². The minimum absolute atomic E-state index is 0.145. The number of halogens is 1. The smallest absolute Gasteiger partial charge is 0.277 e. The Bertz CT molecular complexity index is 727. The lowest BCUT2D eigenvalue weighted by Crippen LogP contribution is -2.25. The molecule has 23 heavy (non-hydrogen) atoms. The molecule has 5 nitrogen and oxygen atoms in total. The van der Waals surface area contributed by atoms with Gasteiger partial charge < -0.3 is 9.84 Å².